The fraction of sp³-hybridized carbons (Fsp3) is 0.350. The number of para-hydroxylation sites is 3. The molecule has 1 amide bonds. The van der Waals surface area contributed by atoms with Crippen LogP contribution < -0.4 is 10.2 Å². The summed E-state index contributed by atoms with van der Waals surface area (Å²) >= 11 is 0. The van der Waals surface area contributed by atoms with Gasteiger partial charge in [0.1, 0.15) is 12.2 Å². The second-order valence-electron chi connectivity index (χ2n) is 7.19. The standard InChI is InChI=1S/C20H22N2O5S/c1-28(25,26)27-18-12-6-11-17(19(18)23)22-15-9-4-2-7-13(15)20(24)21-14-8-3-5-10-16(14)22/h2-5,7-10,17-19,23H,6,11-12H2,1H3,(H,21,24)/t17-,18-,19+/m1/s1. The topological polar surface area (TPSA) is 95.9 Å². The van der Waals surface area contributed by atoms with Crippen molar-refractivity contribution in [3.63, 3.8) is 0 Å². The Hall–Kier alpha value is -2.42. The molecule has 0 spiro atoms. The molecule has 2 aromatic rings. The predicted octanol–water partition coefficient (Wildman–Crippen LogP) is 2.65. The molecule has 7 nitrogen and oxygen atoms in total. The van der Waals surface area contributed by atoms with Crippen LogP contribution in [-0.4, -0.2) is 43.9 Å². The number of aliphatic hydroxyl groups is 1. The van der Waals surface area contributed by atoms with Crippen LogP contribution in [0.15, 0.2) is 48.5 Å². The van der Waals surface area contributed by atoms with E-state index in [2.05, 4.69) is 5.32 Å². The summed E-state index contributed by atoms with van der Waals surface area (Å²) in [4.78, 5) is 14.7. The number of aliphatic hydroxyl groups excluding tert-OH is 1. The molecule has 1 fully saturated rings. The zero-order chi connectivity index (χ0) is 19.9. The van der Waals surface area contributed by atoms with Crippen molar-refractivity contribution in [2.24, 2.45) is 0 Å². The highest BCUT2D eigenvalue weighted by Crippen LogP contribution is 2.42. The van der Waals surface area contributed by atoms with E-state index in [0.717, 1.165) is 11.9 Å². The van der Waals surface area contributed by atoms with Gasteiger partial charge < -0.3 is 15.3 Å². The molecule has 28 heavy (non-hydrogen) atoms. The first-order valence-corrected chi connectivity index (χ1v) is 11.0. The molecule has 3 atom stereocenters. The van der Waals surface area contributed by atoms with Crippen molar-refractivity contribution in [1.82, 2.24) is 0 Å². The summed E-state index contributed by atoms with van der Waals surface area (Å²) in [6, 6.07) is 14.2. The third kappa shape index (κ3) is 3.50. The number of fused-ring (bicyclic) bond motifs is 2. The van der Waals surface area contributed by atoms with E-state index in [1.165, 1.54) is 0 Å². The lowest BCUT2D eigenvalue weighted by molar-refractivity contribution is -0.00191. The van der Waals surface area contributed by atoms with E-state index >= 15 is 0 Å². The molecule has 0 radical (unpaired) electrons. The van der Waals surface area contributed by atoms with Gasteiger partial charge in [-0.25, -0.2) is 0 Å². The second kappa shape index (κ2) is 7.20. The van der Waals surface area contributed by atoms with Crippen LogP contribution in [0.1, 0.15) is 29.6 Å². The van der Waals surface area contributed by atoms with Gasteiger partial charge in [-0.1, -0.05) is 24.3 Å². The Morgan fingerprint density at radius 2 is 1.75 bits per heavy atom. The van der Waals surface area contributed by atoms with Crippen molar-refractivity contribution in [2.45, 2.75) is 37.5 Å². The molecular weight excluding hydrogens is 380 g/mol. The van der Waals surface area contributed by atoms with Gasteiger partial charge in [-0.15, -0.1) is 0 Å². The number of carbonyl (C=O) groups excluding carboxylic acids is 1. The molecule has 1 heterocycles. The maximum atomic E-state index is 12.7. The van der Waals surface area contributed by atoms with Crippen molar-refractivity contribution >= 4 is 33.1 Å². The van der Waals surface area contributed by atoms with Gasteiger partial charge in [0.25, 0.3) is 16.0 Å². The summed E-state index contributed by atoms with van der Waals surface area (Å²) in [6.45, 7) is 0. The van der Waals surface area contributed by atoms with Gasteiger partial charge in [0.2, 0.25) is 0 Å². The fourth-order valence-electron chi connectivity index (χ4n) is 4.07. The lowest BCUT2D eigenvalue weighted by Crippen LogP contribution is -2.51. The van der Waals surface area contributed by atoms with Gasteiger partial charge in [-0.3, -0.25) is 8.98 Å². The Labute approximate surface area is 164 Å². The van der Waals surface area contributed by atoms with E-state index in [-0.39, 0.29) is 5.91 Å². The van der Waals surface area contributed by atoms with Gasteiger partial charge in [0.05, 0.1) is 34.9 Å². The highest BCUT2D eigenvalue weighted by Gasteiger charge is 2.40. The van der Waals surface area contributed by atoms with E-state index in [4.69, 9.17) is 4.18 Å². The molecule has 1 saturated carbocycles. The minimum Gasteiger partial charge on any atom is -0.388 e. The molecule has 2 aliphatic rings. The molecule has 8 heteroatoms. The monoisotopic (exact) mass is 402 g/mol. The van der Waals surface area contributed by atoms with E-state index in [1.54, 1.807) is 12.1 Å². The zero-order valence-corrected chi connectivity index (χ0v) is 16.2. The number of rotatable bonds is 3. The minimum absolute atomic E-state index is 0.222. The van der Waals surface area contributed by atoms with Crippen molar-refractivity contribution < 1.29 is 22.5 Å². The first-order chi connectivity index (χ1) is 13.3. The van der Waals surface area contributed by atoms with Gasteiger partial charge >= 0.3 is 0 Å². The van der Waals surface area contributed by atoms with Crippen molar-refractivity contribution in [3.05, 3.63) is 54.1 Å². The Kier molecular flexibility index (Phi) is 4.86. The molecule has 2 N–H and O–H groups in total. The number of hydrogen-bond acceptors (Lipinski definition) is 6. The molecule has 2 aromatic carbocycles. The summed E-state index contributed by atoms with van der Waals surface area (Å²) in [6.07, 6.45) is 0.936. The van der Waals surface area contributed by atoms with Gasteiger partial charge in [0.15, 0.2) is 0 Å². The predicted molar refractivity (Wildman–Crippen MR) is 106 cm³/mol. The Bertz CT molecular complexity index is 1010. The molecule has 0 unspecified atom stereocenters. The van der Waals surface area contributed by atoms with Crippen LogP contribution in [0, 0.1) is 0 Å². The van der Waals surface area contributed by atoms with Gasteiger partial charge in [-0.2, -0.15) is 8.42 Å². The Morgan fingerprint density at radius 3 is 2.50 bits per heavy atom. The number of benzene rings is 2. The summed E-state index contributed by atoms with van der Waals surface area (Å²) in [5.41, 5.74) is 2.57. The molecular formula is C20H22N2O5S. The number of nitrogens with one attached hydrogen (secondary N) is 1. The zero-order valence-electron chi connectivity index (χ0n) is 15.4. The summed E-state index contributed by atoms with van der Waals surface area (Å²) in [5.74, 6) is -0.222. The van der Waals surface area contributed by atoms with Crippen LogP contribution in [-0.2, 0) is 14.3 Å². The summed E-state index contributed by atoms with van der Waals surface area (Å²) in [5, 5.41) is 13.9. The average molecular weight is 402 g/mol. The number of anilines is 3. The lowest BCUT2D eigenvalue weighted by Gasteiger charge is -2.42. The van der Waals surface area contributed by atoms with Crippen LogP contribution in [0.5, 0.6) is 0 Å². The number of amides is 1. The fourth-order valence-corrected chi connectivity index (χ4v) is 4.73. The number of carbonyl (C=O) groups is 1. The Morgan fingerprint density at radius 1 is 1.07 bits per heavy atom. The van der Waals surface area contributed by atoms with Crippen molar-refractivity contribution in [1.29, 1.82) is 0 Å². The first-order valence-electron chi connectivity index (χ1n) is 9.20. The van der Waals surface area contributed by atoms with Crippen molar-refractivity contribution in [2.75, 3.05) is 16.5 Å². The normalized spacial score (nSPS) is 24.7. The number of hydrogen-bond donors (Lipinski definition) is 2. The maximum Gasteiger partial charge on any atom is 0.264 e. The minimum atomic E-state index is -3.69. The summed E-state index contributed by atoms with van der Waals surface area (Å²) < 4.78 is 28.4. The molecule has 4 rings (SSSR count). The smallest absolute Gasteiger partial charge is 0.264 e. The molecule has 0 bridgehead atoms. The van der Waals surface area contributed by atoms with Crippen LogP contribution in [0.2, 0.25) is 0 Å². The first kappa shape index (κ1) is 18.9. The molecule has 148 valence electrons. The third-order valence-electron chi connectivity index (χ3n) is 5.21. The highest BCUT2D eigenvalue weighted by atomic mass is 32.2. The SMILES string of the molecule is CS(=O)(=O)O[C@@H]1CCC[C@@H](N2c3ccccc3NC(=O)c3ccccc32)[C@@H]1O. The van der Waals surface area contributed by atoms with Crippen LogP contribution in [0.3, 0.4) is 0 Å². The van der Waals surface area contributed by atoms with Crippen molar-refractivity contribution in [3.8, 4) is 0 Å². The summed E-state index contributed by atoms with van der Waals surface area (Å²) in [7, 11) is -3.69. The third-order valence-corrected chi connectivity index (χ3v) is 5.81. The van der Waals surface area contributed by atoms with E-state index in [0.29, 0.717) is 36.2 Å². The van der Waals surface area contributed by atoms with E-state index in [1.807, 2.05) is 41.3 Å². The lowest BCUT2D eigenvalue weighted by atomic mass is 9.88. The Balaban J connectivity index is 1.82. The molecule has 0 saturated heterocycles. The van der Waals surface area contributed by atoms with E-state index < -0.39 is 28.4 Å². The van der Waals surface area contributed by atoms with Crippen LogP contribution >= 0.6 is 0 Å². The molecule has 0 aromatic heterocycles. The molecule has 1 aliphatic heterocycles. The van der Waals surface area contributed by atoms with E-state index in [9.17, 15) is 18.3 Å². The molecule has 1 aliphatic carbocycles. The average Bonchev–Trinajstić information content (AvgIpc) is 2.77. The van der Waals surface area contributed by atoms with Crippen LogP contribution in [0.25, 0.3) is 0 Å². The highest BCUT2D eigenvalue weighted by molar-refractivity contribution is 7.86. The van der Waals surface area contributed by atoms with Crippen LogP contribution in [0.4, 0.5) is 17.1 Å². The number of nitrogens with zero attached hydrogens (tertiary/aromatic N) is 1. The second-order valence-corrected chi connectivity index (χ2v) is 8.79. The van der Waals surface area contributed by atoms with Gasteiger partial charge in [0, 0.05) is 0 Å². The largest absolute Gasteiger partial charge is 0.388 e. The van der Waals surface area contributed by atoms with Gasteiger partial charge in [-0.05, 0) is 43.5 Å². The quantitative estimate of drug-likeness (QED) is 0.767. The maximum absolute atomic E-state index is 12.7.